The Bertz CT molecular complexity index is 1230. The van der Waals surface area contributed by atoms with Crippen LogP contribution in [0.4, 0.5) is 15.9 Å². The molecule has 2 aromatic heterocycles. The summed E-state index contributed by atoms with van der Waals surface area (Å²) in [5.41, 5.74) is 2.87. The number of fused-ring (bicyclic) bond motifs is 1. The lowest BCUT2D eigenvalue weighted by molar-refractivity contribution is 0.625. The molecule has 0 N–H and O–H groups in total. The zero-order valence-electron chi connectivity index (χ0n) is 17.2. The third-order valence-corrected chi connectivity index (χ3v) is 5.73. The Morgan fingerprint density at radius 1 is 0.935 bits per heavy atom. The second-order valence-electron chi connectivity index (χ2n) is 7.76. The molecule has 1 fully saturated rings. The van der Waals surface area contributed by atoms with Crippen LogP contribution in [0.5, 0.6) is 0 Å². The van der Waals surface area contributed by atoms with Crippen molar-refractivity contribution in [2.24, 2.45) is 0 Å². The van der Waals surface area contributed by atoms with Crippen molar-refractivity contribution in [3.8, 4) is 0 Å². The maximum Gasteiger partial charge on any atom is 0.254 e. The average molecular weight is 437 g/mol. The number of hydrogen-bond acceptors (Lipinski definition) is 5. The molecule has 4 aromatic rings. The van der Waals surface area contributed by atoms with Crippen molar-refractivity contribution in [1.82, 2.24) is 19.6 Å². The number of benzene rings is 2. The van der Waals surface area contributed by atoms with E-state index in [-0.39, 0.29) is 5.82 Å². The van der Waals surface area contributed by atoms with Crippen LogP contribution in [0.25, 0.3) is 5.78 Å². The minimum atomic E-state index is -0.256. The van der Waals surface area contributed by atoms with Gasteiger partial charge in [-0.15, -0.1) is 5.10 Å². The smallest absolute Gasteiger partial charge is 0.254 e. The zero-order chi connectivity index (χ0) is 21.4. The van der Waals surface area contributed by atoms with E-state index in [9.17, 15) is 4.39 Å². The van der Waals surface area contributed by atoms with Gasteiger partial charge in [0.2, 0.25) is 0 Å². The fourth-order valence-corrected chi connectivity index (χ4v) is 4.19. The summed E-state index contributed by atoms with van der Waals surface area (Å²) >= 11 is 6.16. The normalized spacial score (nSPS) is 14.4. The van der Waals surface area contributed by atoms with Gasteiger partial charge in [-0.2, -0.15) is 9.50 Å². The van der Waals surface area contributed by atoms with Gasteiger partial charge in [-0.1, -0.05) is 29.8 Å². The zero-order valence-corrected chi connectivity index (χ0v) is 17.9. The highest BCUT2D eigenvalue weighted by atomic mass is 35.5. The fraction of sp³-hybridized carbons (Fsp3) is 0.261. The van der Waals surface area contributed by atoms with Crippen molar-refractivity contribution in [3.63, 3.8) is 0 Å². The molecule has 1 aliphatic rings. The summed E-state index contributed by atoms with van der Waals surface area (Å²) in [5, 5.41) is 5.44. The van der Waals surface area contributed by atoms with Crippen LogP contribution in [0, 0.1) is 12.7 Å². The third-order valence-electron chi connectivity index (χ3n) is 5.49. The molecule has 158 valence electrons. The molecule has 0 atom stereocenters. The van der Waals surface area contributed by atoms with Crippen LogP contribution in [0.1, 0.15) is 17.1 Å². The molecule has 5 rings (SSSR count). The van der Waals surface area contributed by atoms with Crippen LogP contribution in [0.15, 0.2) is 54.6 Å². The lowest BCUT2D eigenvalue weighted by Crippen LogP contribution is -2.47. The predicted molar refractivity (Wildman–Crippen MR) is 121 cm³/mol. The maximum absolute atomic E-state index is 13.5. The van der Waals surface area contributed by atoms with Crippen molar-refractivity contribution in [1.29, 1.82) is 0 Å². The number of rotatable bonds is 4. The number of hydrogen-bond donors (Lipinski definition) is 0. The van der Waals surface area contributed by atoms with Gasteiger partial charge in [0.1, 0.15) is 11.6 Å². The van der Waals surface area contributed by atoms with Crippen LogP contribution in [-0.2, 0) is 6.42 Å². The number of anilines is 2. The maximum atomic E-state index is 13.5. The lowest BCUT2D eigenvalue weighted by Gasteiger charge is -2.37. The molecule has 0 amide bonds. The van der Waals surface area contributed by atoms with E-state index in [2.05, 4.69) is 25.8 Å². The van der Waals surface area contributed by atoms with E-state index in [1.165, 1.54) is 12.1 Å². The summed E-state index contributed by atoms with van der Waals surface area (Å²) in [6, 6.07) is 16.5. The topological polar surface area (TPSA) is 49.6 Å². The Kier molecular flexibility index (Phi) is 5.19. The number of piperazine rings is 1. The first-order valence-corrected chi connectivity index (χ1v) is 10.7. The molecular weight excluding hydrogens is 415 g/mol. The summed E-state index contributed by atoms with van der Waals surface area (Å²) in [6.45, 7) is 5.43. The summed E-state index contributed by atoms with van der Waals surface area (Å²) < 4.78 is 15.3. The molecular formula is C23H22ClFN6. The van der Waals surface area contributed by atoms with Crippen LogP contribution < -0.4 is 9.80 Å². The van der Waals surface area contributed by atoms with E-state index >= 15 is 0 Å². The number of nitrogens with zero attached hydrogens (tertiary/aromatic N) is 6. The van der Waals surface area contributed by atoms with E-state index in [1.807, 2.05) is 37.3 Å². The van der Waals surface area contributed by atoms with Gasteiger partial charge in [-0.05, 0) is 42.8 Å². The molecule has 0 spiro atoms. The van der Waals surface area contributed by atoms with Gasteiger partial charge in [-0.25, -0.2) is 9.37 Å². The van der Waals surface area contributed by atoms with Gasteiger partial charge in [0.05, 0.1) is 0 Å². The van der Waals surface area contributed by atoms with Gasteiger partial charge in [-0.3, -0.25) is 0 Å². The second kappa shape index (κ2) is 8.15. The Hall–Kier alpha value is -3.19. The van der Waals surface area contributed by atoms with Gasteiger partial charge < -0.3 is 9.80 Å². The Morgan fingerprint density at radius 3 is 2.48 bits per heavy atom. The van der Waals surface area contributed by atoms with Gasteiger partial charge >= 0.3 is 0 Å². The van der Waals surface area contributed by atoms with Crippen molar-refractivity contribution in [2.75, 3.05) is 36.0 Å². The van der Waals surface area contributed by atoms with E-state index in [0.717, 1.165) is 54.0 Å². The first-order valence-electron chi connectivity index (χ1n) is 10.3. The SMILES string of the molecule is Cc1cc(N2CCN(c3cccc(Cl)c3)CC2)n2nc(Cc3cccc(F)c3)nc2n1. The van der Waals surface area contributed by atoms with Gasteiger partial charge in [0.25, 0.3) is 5.78 Å². The molecule has 3 heterocycles. The lowest BCUT2D eigenvalue weighted by atomic mass is 10.1. The quantitative estimate of drug-likeness (QED) is 0.481. The van der Waals surface area contributed by atoms with E-state index in [4.69, 9.17) is 16.7 Å². The van der Waals surface area contributed by atoms with Crippen LogP contribution >= 0.6 is 11.6 Å². The molecule has 8 heteroatoms. The molecule has 2 aromatic carbocycles. The summed E-state index contributed by atoms with van der Waals surface area (Å²) in [6.07, 6.45) is 0.460. The molecule has 0 radical (unpaired) electrons. The molecule has 1 aliphatic heterocycles. The molecule has 0 unspecified atom stereocenters. The summed E-state index contributed by atoms with van der Waals surface area (Å²) in [4.78, 5) is 13.8. The highest BCUT2D eigenvalue weighted by Crippen LogP contribution is 2.24. The first kappa shape index (κ1) is 19.8. The highest BCUT2D eigenvalue weighted by molar-refractivity contribution is 6.30. The van der Waals surface area contributed by atoms with Crippen molar-refractivity contribution < 1.29 is 4.39 Å². The highest BCUT2D eigenvalue weighted by Gasteiger charge is 2.21. The average Bonchev–Trinajstić information content (AvgIpc) is 3.15. The number of aromatic nitrogens is 4. The number of halogens is 2. The third kappa shape index (κ3) is 4.18. The predicted octanol–water partition coefficient (Wildman–Crippen LogP) is 4.14. The minimum absolute atomic E-state index is 0.256. The number of aryl methyl sites for hydroxylation is 1. The summed E-state index contributed by atoms with van der Waals surface area (Å²) in [5.74, 6) is 1.92. The van der Waals surface area contributed by atoms with Gasteiger partial charge in [0, 0.05) is 55.1 Å². The molecule has 0 aliphatic carbocycles. The fourth-order valence-electron chi connectivity index (χ4n) is 4.01. The van der Waals surface area contributed by atoms with Crippen LogP contribution in [0.2, 0.25) is 5.02 Å². The van der Waals surface area contributed by atoms with E-state index in [1.54, 1.807) is 10.6 Å². The molecule has 1 saturated heterocycles. The second-order valence-corrected chi connectivity index (χ2v) is 8.19. The molecule has 31 heavy (non-hydrogen) atoms. The molecule has 0 saturated carbocycles. The molecule has 0 bridgehead atoms. The van der Waals surface area contributed by atoms with Gasteiger partial charge in [0.15, 0.2) is 5.82 Å². The van der Waals surface area contributed by atoms with Crippen molar-refractivity contribution in [2.45, 2.75) is 13.3 Å². The largest absolute Gasteiger partial charge is 0.368 e. The first-order chi connectivity index (χ1) is 15.0. The monoisotopic (exact) mass is 436 g/mol. The Labute approximate surface area is 184 Å². The minimum Gasteiger partial charge on any atom is -0.368 e. The standard InChI is InChI=1S/C23H22ClFN6/c1-16-12-22(30-10-8-29(9-11-30)20-7-3-5-18(24)15-20)31-23(26-16)27-21(28-31)14-17-4-2-6-19(25)13-17/h2-7,12-13,15H,8-11,14H2,1H3. The van der Waals surface area contributed by atoms with Crippen LogP contribution in [-0.4, -0.2) is 45.8 Å². The van der Waals surface area contributed by atoms with E-state index in [0.29, 0.717) is 18.0 Å². The van der Waals surface area contributed by atoms with Crippen molar-refractivity contribution >= 4 is 28.9 Å². The van der Waals surface area contributed by atoms with Crippen molar-refractivity contribution in [3.05, 3.63) is 82.5 Å². The van der Waals surface area contributed by atoms with Crippen LogP contribution in [0.3, 0.4) is 0 Å². The Balaban J connectivity index is 1.39. The molecule has 6 nitrogen and oxygen atoms in total. The Morgan fingerprint density at radius 2 is 1.71 bits per heavy atom. The summed E-state index contributed by atoms with van der Waals surface area (Å²) in [7, 11) is 0. The van der Waals surface area contributed by atoms with E-state index < -0.39 is 0 Å².